The molecule has 0 saturated heterocycles. The highest BCUT2D eigenvalue weighted by molar-refractivity contribution is 7.92. The van der Waals surface area contributed by atoms with Gasteiger partial charge in [0.1, 0.15) is 6.54 Å². The van der Waals surface area contributed by atoms with Crippen molar-refractivity contribution in [1.29, 1.82) is 0 Å². The number of hydrogen-bond acceptors (Lipinski definition) is 4. The average molecular weight is 582 g/mol. The molecular formula is C27H27ClF3N3O4S. The van der Waals surface area contributed by atoms with Crippen LogP contribution < -0.4 is 14.9 Å². The van der Waals surface area contributed by atoms with Gasteiger partial charge in [-0.3, -0.25) is 13.9 Å². The van der Waals surface area contributed by atoms with Crippen molar-refractivity contribution in [2.24, 2.45) is 0 Å². The molecule has 2 amide bonds. The van der Waals surface area contributed by atoms with Crippen molar-refractivity contribution >= 4 is 44.8 Å². The van der Waals surface area contributed by atoms with Crippen LogP contribution in [0.3, 0.4) is 0 Å². The lowest BCUT2D eigenvalue weighted by molar-refractivity contribution is -0.137. The number of benzene rings is 3. The minimum absolute atomic E-state index is 0.122. The zero-order valence-electron chi connectivity index (χ0n) is 21.2. The summed E-state index contributed by atoms with van der Waals surface area (Å²) in [5.41, 5.74) is -0.622. The van der Waals surface area contributed by atoms with E-state index in [1.54, 1.807) is 19.1 Å². The molecule has 0 heterocycles. The predicted octanol–water partition coefficient (Wildman–Crippen LogP) is 6.03. The van der Waals surface area contributed by atoms with E-state index in [-0.39, 0.29) is 16.1 Å². The third kappa shape index (κ3) is 7.51. The highest BCUT2D eigenvalue weighted by Gasteiger charge is 2.35. The number of aryl methyl sites for hydroxylation is 1. The lowest BCUT2D eigenvalue weighted by Gasteiger charge is -2.25. The lowest BCUT2D eigenvalue weighted by Crippen LogP contribution is -2.38. The number of hydrogen-bond donors (Lipinski definition) is 2. The van der Waals surface area contributed by atoms with E-state index in [4.69, 9.17) is 11.6 Å². The maximum Gasteiger partial charge on any atom is 0.417 e. The first kappa shape index (κ1) is 30.0. The number of carbonyl (C=O) groups is 2. The van der Waals surface area contributed by atoms with Crippen molar-refractivity contribution < 1.29 is 31.2 Å². The number of amides is 2. The molecule has 3 aromatic rings. The molecule has 0 aliphatic rings. The van der Waals surface area contributed by atoms with Crippen molar-refractivity contribution in [2.75, 3.05) is 22.7 Å². The summed E-state index contributed by atoms with van der Waals surface area (Å²) in [6.45, 7) is 3.26. The van der Waals surface area contributed by atoms with Gasteiger partial charge >= 0.3 is 6.18 Å². The van der Waals surface area contributed by atoms with Crippen LogP contribution >= 0.6 is 11.6 Å². The quantitative estimate of drug-likeness (QED) is 0.286. The van der Waals surface area contributed by atoms with E-state index in [1.165, 1.54) is 36.4 Å². The average Bonchev–Trinajstić information content (AvgIpc) is 2.87. The third-order valence-electron chi connectivity index (χ3n) is 5.70. The smallest absolute Gasteiger partial charge is 0.352 e. The standard InChI is InChI=1S/C27H27ClF3N3O4S/c1-3-4-15-32-26(36)21-7-5-6-8-24(21)33-25(35)17-34(39(37,38)20-12-9-18(2)10-13-20)19-11-14-23(28)22(16-19)27(29,30)31/h5-14,16H,3-4,15,17H2,1-2H3,(H,32,36)(H,33,35). The fourth-order valence-electron chi connectivity index (χ4n) is 3.62. The molecule has 0 bridgehead atoms. The number of nitrogens with one attached hydrogen (secondary N) is 2. The van der Waals surface area contributed by atoms with Crippen LogP contribution in [0.4, 0.5) is 24.5 Å². The molecule has 12 heteroatoms. The number of halogens is 4. The molecule has 39 heavy (non-hydrogen) atoms. The molecule has 0 saturated carbocycles. The third-order valence-corrected chi connectivity index (χ3v) is 7.82. The van der Waals surface area contributed by atoms with Gasteiger partial charge in [0.2, 0.25) is 5.91 Å². The van der Waals surface area contributed by atoms with E-state index in [1.807, 2.05) is 6.92 Å². The Kier molecular flexibility index (Phi) is 9.63. The molecular weight excluding hydrogens is 555 g/mol. The van der Waals surface area contributed by atoms with Crippen molar-refractivity contribution in [2.45, 2.75) is 37.8 Å². The molecule has 3 rings (SSSR count). The molecule has 2 N–H and O–H groups in total. The van der Waals surface area contributed by atoms with Gasteiger partial charge in [0, 0.05) is 6.54 Å². The van der Waals surface area contributed by atoms with Crippen LogP contribution in [0.15, 0.2) is 71.6 Å². The van der Waals surface area contributed by atoms with Crippen LogP contribution in [-0.4, -0.2) is 33.3 Å². The summed E-state index contributed by atoms with van der Waals surface area (Å²) in [6.07, 6.45) is -3.24. The maximum absolute atomic E-state index is 13.6. The summed E-state index contributed by atoms with van der Waals surface area (Å²) in [4.78, 5) is 25.5. The van der Waals surface area contributed by atoms with Gasteiger partial charge in [-0.15, -0.1) is 0 Å². The van der Waals surface area contributed by atoms with E-state index in [0.29, 0.717) is 16.9 Å². The molecule has 0 unspecified atom stereocenters. The Hall–Kier alpha value is -3.57. The molecule has 3 aromatic carbocycles. The monoisotopic (exact) mass is 581 g/mol. The normalized spacial score (nSPS) is 11.6. The van der Waals surface area contributed by atoms with Gasteiger partial charge in [0.25, 0.3) is 15.9 Å². The second-order valence-corrected chi connectivity index (χ2v) is 11.0. The summed E-state index contributed by atoms with van der Waals surface area (Å²) in [5, 5.41) is 4.64. The summed E-state index contributed by atoms with van der Waals surface area (Å²) in [7, 11) is -4.49. The number of carbonyl (C=O) groups excluding carboxylic acids is 2. The van der Waals surface area contributed by atoms with Crippen molar-refractivity contribution in [3.63, 3.8) is 0 Å². The molecule has 208 valence electrons. The van der Waals surface area contributed by atoms with Gasteiger partial charge in [-0.05, 0) is 55.8 Å². The summed E-state index contributed by atoms with van der Waals surface area (Å²) in [5.74, 6) is -1.31. The van der Waals surface area contributed by atoms with Crippen LogP contribution in [0.25, 0.3) is 0 Å². The van der Waals surface area contributed by atoms with Crippen molar-refractivity contribution in [3.05, 3.63) is 88.4 Å². The van der Waals surface area contributed by atoms with Crippen LogP contribution in [-0.2, 0) is 21.0 Å². The Morgan fingerprint density at radius 2 is 1.67 bits per heavy atom. The van der Waals surface area contributed by atoms with Gasteiger partial charge in [-0.2, -0.15) is 13.2 Å². The maximum atomic E-state index is 13.6. The molecule has 0 aliphatic carbocycles. The second kappa shape index (κ2) is 12.5. The van der Waals surface area contributed by atoms with Gasteiger partial charge in [-0.1, -0.05) is 54.8 Å². The summed E-state index contributed by atoms with van der Waals surface area (Å²) >= 11 is 5.73. The Morgan fingerprint density at radius 3 is 2.31 bits per heavy atom. The molecule has 0 atom stereocenters. The number of nitrogens with zero attached hydrogens (tertiary/aromatic N) is 1. The zero-order valence-corrected chi connectivity index (χ0v) is 22.8. The van der Waals surface area contributed by atoms with E-state index >= 15 is 0 Å². The van der Waals surface area contributed by atoms with Crippen molar-refractivity contribution in [1.82, 2.24) is 5.32 Å². The first-order valence-electron chi connectivity index (χ1n) is 12.0. The Balaban J connectivity index is 1.99. The fourth-order valence-corrected chi connectivity index (χ4v) is 5.26. The molecule has 0 spiro atoms. The number of para-hydroxylation sites is 1. The van der Waals surface area contributed by atoms with E-state index in [0.717, 1.165) is 30.5 Å². The molecule has 0 radical (unpaired) electrons. The number of anilines is 2. The van der Waals surface area contributed by atoms with E-state index in [2.05, 4.69) is 10.6 Å². The van der Waals surface area contributed by atoms with Crippen LogP contribution in [0.1, 0.15) is 41.3 Å². The number of sulfonamides is 1. The summed E-state index contributed by atoms with van der Waals surface area (Å²) in [6, 6.07) is 14.4. The zero-order chi connectivity index (χ0) is 28.8. The first-order valence-corrected chi connectivity index (χ1v) is 13.8. The molecule has 0 aliphatic heterocycles. The largest absolute Gasteiger partial charge is 0.417 e. The second-order valence-electron chi connectivity index (χ2n) is 8.69. The number of unbranched alkanes of at least 4 members (excludes halogenated alkanes) is 1. The predicted molar refractivity (Wildman–Crippen MR) is 144 cm³/mol. The van der Waals surface area contributed by atoms with Crippen LogP contribution in [0.2, 0.25) is 5.02 Å². The number of alkyl halides is 3. The Labute approximate surface area is 230 Å². The molecule has 0 fully saturated rings. The van der Waals surface area contributed by atoms with Crippen molar-refractivity contribution in [3.8, 4) is 0 Å². The van der Waals surface area contributed by atoms with Gasteiger partial charge in [0.05, 0.1) is 32.4 Å². The van der Waals surface area contributed by atoms with Gasteiger partial charge < -0.3 is 10.6 Å². The lowest BCUT2D eigenvalue weighted by atomic mass is 10.1. The fraction of sp³-hybridized carbons (Fsp3) is 0.259. The Morgan fingerprint density at radius 1 is 1.00 bits per heavy atom. The SMILES string of the molecule is CCCCNC(=O)c1ccccc1NC(=O)CN(c1ccc(Cl)c(C(F)(F)F)c1)S(=O)(=O)c1ccc(C)cc1. The minimum Gasteiger partial charge on any atom is -0.352 e. The molecule has 0 aromatic heterocycles. The van der Waals surface area contributed by atoms with Crippen LogP contribution in [0, 0.1) is 6.92 Å². The van der Waals surface area contributed by atoms with E-state index < -0.39 is 50.8 Å². The number of rotatable bonds is 10. The first-order chi connectivity index (χ1) is 18.3. The topological polar surface area (TPSA) is 95.6 Å². The van der Waals surface area contributed by atoms with Gasteiger partial charge in [0.15, 0.2) is 0 Å². The summed E-state index contributed by atoms with van der Waals surface area (Å²) < 4.78 is 68.4. The van der Waals surface area contributed by atoms with Gasteiger partial charge in [-0.25, -0.2) is 8.42 Å². The highest BCUT2D eigenvalue weighted by Crippen LogP contribution is 2.38. The van der Waals surface area contributed by atoms with Crippen LogP contribution in [0.5, 0.6) is 0 Å². The minimum atomic E-state index is -4.86. The Bertz CT molecular complexity index is 1450. The van der Waals surface area contributed by atoms with E-state index in [9.17, 15) is 31.2 Å². The molecule has 7 nitrogen and oxygen atoms in total. The highest BCUT2D eigenvalue weighted by atomic mass is 35.5.